The Balaban J connectivity index is 1.82. The Morgan fingerprint density at radius 3 is 2.44 bits per heavy atom. The minimum atomic E-state index is -5.28. The maximum atomic E-state index is 13.5. The molecule has 1 aliphatic heterocycles. The molecule has 0 aliphatic carbocycles. The van der Waals surface area contributed by atoms with Crippen molar-refractivity contribution in [3.05, 3.63) is 83.1 Å². The fourth-order valence-corrected chi connectivity index (χ4v) is 3.96. The molecule has 0 unspecified atom stereocenters. The van der Waals surface area contributed by atoms with Gasteiger partial charge in [0.2, 0.25) is 5.78 Å². The fourth-order valence-electron chi connectivity index (χ4n) is 3.77. The molecule has 4 rings (SSSR count). The molecule has 1 saturated heterocycles. The van der Waals surface area contributed by atoms with E-state index < -0.39 is 35.7 Å². The molecule has 1 fully saturated rings. The van der Waals surface area contributed by atoms with Crippen LogP contribution in [0.4, 0.5) is 18.0 Å². The minimum Gasteiger partial charge on any atom is -0.459 e. The first-order valence-corrected chi connectivity index (χ1v) is 9.80. The van der Waals surface area contributed by atoms with E-state index in [0.29, 0.717) is 10.6 Å². The quantitative estimate of drug-likeness (QED) is 0.528. The van der Waals surface area contributed by atoms with Crippen molar-refractivity contribution < 1.29 is 32.3 Å². The Hall–Kier alpha value is -3.30. The van der Waals surface area contributed by atoms with E-state index in [9.17, 15) is 27.9 Å². The van der Waals surface area contributed by atoms with Crippen LogP contribution in [-0.2, 0) is 10.5 Å². The summed E-state index contributed by atoms with van der Waals surface area (Å²) in [6.45, 7) is 0. The van der Waals surface area contributed by atoms with Gasteiger partial charge in [0.05, 0.1) is 0 Å². The number of aliphatic hydroxyl groups is 1. The molecule has 3 aromatic rings. The highest BCUT2D eigenvalue weighted by Gasteiger charge is 2.60. The highest BCUT2D eigenvalue weighted by atomic mass is 35.5. The van der Waals surface area contributed by atoms with Crippen molar-refractivity contribution >= 4 is 23.4 Å². The van der Waals surface area contributed by atoms with Crippen molar-refractivity contribution in [2.75, 3.05) is 0 Å². The molecule has 2 amide bonds. The number of carbonyl (C=O) groups is 2. The number of alkyl halides is 3. The summed E-state index contributed by atoms with van der Waals surface area (Å²) in [5, 5.41) is 16.0. The van der Waals surface area contributed by atoms with Crippen LogP contribution in [0.2, 0.25) is 5.02 Å². The highest BCUT2D eigenvalue weighted by Crippen LogP contribution is 2.43. The van der Waals surface area contributed by atoms with Crippen molar-refractivity contribution in [3.63, 3.8) is 0 Å². The van der Waals surface area contributed by atoms with Gasteiger partial charge in [0.1, 0.15) is 23.5 Å². The second kappa shape index (κ2) is 7.99. The van der Waals surface area contributed by atoms with Gasteiger partial charge in [0.15, 0.2) is 5.72 Å². The monoisotopic (exact) mass is 464 g/mol. The molecular weight excluding hydrogens is 449 g/mol. The third kappa shape index (κ3) is 3.96. The number of urea groups is 1. The van der Waals surface area contributed by atoms with Gasteiger partial charge in [-0.05, 0) is 24.3 Å². The second-order valence-corrected chi connectivity index (χ2v) is 7.70. The van der Waals surface area contributed by atoms with E-state index in [1.807, 2.05) is 0 Å². The van der Waals surface area contributed by atoms with Crippen molar-refractivity contribution in [2.45, 2.75) is 17.9 Å². The van der Waals surface area contributed by atoms with E-state index in [4.69, 9.17) is 16.0 Å². The molecule has 0 radical (unpaired) electrons. The van der Waals surface area contributed by atoms with Crippen LogP contribution in [0.5, 0.6) is 0 Å². The third-order valence-electron chi connectivity index (χ3n) is 5.19. The van der Waals surface area contributed by atoms with Crippen molar-refractivity contribution in [1.29, 1.82) is 0 Å². The Morgan fingerprint density at radius 1 is 1.06 bits per heavy atom. The summed E-state index contributed by atoms with van der Waals surface area (Å²) in [7, 11) is 0. The van der Waals surface area contributed by atoms with Gasteiger partial charge in [-0.1, -0.05) is 54.1 Å². The van der Waals surface area contributed by atoms with E-state index >= 15 is 0 Å². The molecule has 2 heterocycles. The van der Waals surface area contributed by atoms with Crippen LogP contribution < -0.4 is 10.6 Å². The first-order valence-electron chi connectivity index (χ1n) is 9.43. The molecule has 166 valence electrons. The lowest BCUT2D eigenvalue weighted by Crippen LogP contribution is -2.66. The molecule has 32 heavy (non-hydrogen) atoms. The van der Waals surface area contributed by atoms with E-state index in [0.717, 1.165) is 0 Å². The molecule has 10 heteroatoms. The Kier molecular flexibility index (Phi) is 5.47. The number of hydrogen-bond acceptors (Lipinski definition) is 4. The summed E-state index contributed by atoms with van der Waals surface area (Å²) < 4.78 is 46.3. The van der Waals surface area contributed by atoms with Crippen molar-refractivity contribution in [3.8, 4) is 11.3 Å². The number of nitrogens with one attached hydrogen (secondary N) is 2. The normalized spacial score (nSPS) is 23.3. The lowest BCUT2D eigenvalue weighted by Gasteiger charge is -2.44. The summed E-state index contributed by atoms with van der Waals surface area (Å²) in [6, 6.07) is 14.0. The van der Waals surface area contributed by atoms with E-state index in [-0.39, 0.29) is 17.1 Å². The number of hydrogen-bond donors (Lipinski definition) is 3. The Morgan fingerprint density at radius 2 is 1.78 bits per heavy atom. The van der Waals surface area contributed by atoms with E-state index in [1.165, 1.54) is 36.4 Å². The predicted molar refractivity (Wildman–Crippen MR) is 108 cm³/mol. The smallest absolute Gasteiger partial charge is 0.450 e. The standard InChI is InChI=1S/C22H16ClF3N2O4/c23-14-8-4-5-12(11-14)15-9-10-16(32-15)18-17(19(29)22(24,25)26)21(31,28-20(30)27-18)13-6-2-1-3-7-13/h1-11,17-18,31H,(H2,27,28,30)/t17-,18-,21-/m1/s1. The molecule has 0 saturated carbocycles. The predicted octanol–water partition coefficient (Wildman–Crippen LogP) is 4.55. The number of rotatable bonds is 4. The van der Waals surface area contributed by atoms with Crippen LogP contribution in [0.25, 0.3) is 11.3 Å². The highest BCUT2D eigenvalue weighted by molar-refractivity contribution is 6.30. The molecule has 6 nitrogen and oxygen atoms in total. The Bertz CT molecular complexity index is 1170. The molecular formula is C22H16ClF3N2O4. The first kappa shape index (κ1) is 21.9. The average Bonchev–Trinajstić information content (AvgIpc) is 3.23. The van der Waals surface area contributed by atoms with Crippen LogP contribution in [0.3, 0.4) is 0 Å². The maximum Gasteiger partial charge on any atom is 0.450 e. The van der Waals surface area contributed by atoms with Gasteiger partial charge in [-0.15, -0.1) is 0 Å². The summed E-state index contributed by atoms with van der Waals surface area (Å²) >= 11 is 5.98. The summed E-state index contributed by atoms with van der Waals surface area (Å²) in [5.74, 6) is -4.26. The van der Waals surface area contributed by atoms with Gasteiger partial charge in [0, 0.05) is 16.1 Å². The number of ketones is 1. The van der Waals surface area contributed by atoms with Gasteiger partial charge in [-0.3, -0.25) is 4.79 Å². The van der Waals surface area contributed by atoms with Crippen LogP contribution in [0, 0.1) is 5.92 Å². The number of Topliss-reactive ketones (excluding diaryl/α,β-unsaturated/α-hetero) is 1. The van der Waals surface area contributed by atoms with Crippen LogP contribution in [0.15, 0.2) is 71.1 Å². The average molecular weight is 465 g/mol. The van der Waals surface area contributed by atoms with E-state index in [2.05, 4.69) is 10.6 Å². The topological polar surface area (TPSA) is 91.6 Å². The largest absolute Gasteiger partial charge is 0.459 e. The zero-order valence-electron chi connectivity index (χ0n) is 16.2. The van der Waals surface area contributed by atoms with Crippen molar-refractivity contribution in [1.82, 2.24) is 10.6 Å². The number of benzene rings is 2. The Labute approximate surface area is 185 Å². The summed E-state index contributed by atoms with van der Waals surface area (Å²) in [6.07, 6.45) is -5.28. The summed E-state index contributed by atoms with van der Waals surface area (Å²) in [4.78, 5) is 24.8. The number of furan rings is 1. The van der Waals surface area contributed by atoms with Gasteiger partial charge < -0.3 is 20.2 Å². The van der Waals surface area contributed by atoms with Crippen LogP contribution in [-0.4, -0.2) is 23.1 Å². The van der Waals surface area contributed by atoms with Crippen LogP contribution >= 0.6 is 11.6 Å². The SMILES string of the molecule is O=C1N[C@H](c2ccc(-c3cccc(Cl)c3)o2)[C@H](C(=O)C(F)(F)F)[C@](O)(c2ccccc2)N1. The molecule has 0 spiro atoms. The zero-order chi connectivity index (χ0) is 23.1. The third-order valence-corrected chi connectivity index (χ3v) is 5.43. The lowest BCUT2D eigenvalue weighted by molar-refractivity contribution is -0.190. The van der Waals surface area contributed by atoms with Crippen LogP contribution in [0.1, 0.15) is 17.4 Å². The van der Waals surface area contributed by atoms with Crippen molar-refractivity contribution in [2.24, 2.45) is 5.92 Å². The molecule has 3 N–H and O–H groups in total. The number of amides is 2. The summed E-state index contributed by atoms with van der Waals surface area (Å²) in [5.41, 5.74) is -2.17. The number of carbonyl (C=O) groups excluding carboxylic acids is 2. The minimum absolute atomic E-state index is 0.0796. The van der Waals surface area contributed by atoms with Gasteiger partial charge in [-0.2, -0.15) is 13.2 Å². The molecule has 0 bridgehead atoms. The first-order chi connectivity index (χ1) is 15.1. The van der Waals surface area contributed by atoms with Gasteiger partial charge in [-0.25, -0.2) is 4.79 Å². The van der Waals surface area contributed by atoms with E-state index in [1.54, 1.807) is 30.3 Å². The van der Waals surface area contributed by atoms with Gasteiger partial charge in [0.25, 0.3) is 0 Å². The number of halogens is 4. The molecule has 3 atom stereocenters. The molecule has 1 aliphatic rings. The molecule has 2 aromatic carbocycles. The fraction of sp³-hybridized carbons (Fsp3) is 0.182. The maximum absolute atomic E-state index is 13.5. The molecule has 1 aromatic heterocycles. The van der Waals surface area contributed by atoms with Gasteiger partial charge >= 0.3 is 12.2 Å². The zero-order valence-corrected chi connectivity index (χ0v) is 16.9. The second-order valence-electron chi connectivity index (χ2n) is 7.26. The lowest BCUT2D eigenvalue weighted by atomic mass is 9.77.